The topological polar surface area (TPSA) is 41.1 Å². The molecule has 0 bridgehead atoms. The maximum absolute atomic E-state index is 12.2. The summed E-state index contributed by atoms with van der Waals surface area (Å²) in [5.74, 6) is 0.00505. The number of rotatable bonds is 3. The van der Waals surface area contributed by atoms with Crippen LogP contribution in [0.4, 0.5) is 5.69 Å². The van der Waals surface area contributed by atoms with Crippen molar-refractivity contribution in [1.29, 1.82) is 0 Å². The summed E-state index contributed by atoms with van der Waals surface area (Å²) in [6.07, 6.45) is 1.85. The largest absolute Gasteiger partial charge is 0.388 e. The van der Waals surface area contributed by atoms with E-state index in [1.165, 1.54) is 11.1 Å². The molecule has 0 saturated carbocycles. The zero-order chi connectivity index (χ0) is 13.9. The predicted octanol–water partition coefficient (Wildman–Crippen LogP) is 2.63. The van der Waals surface area contributed by atoms with Crippen LogP contribution in [0.2, 0.25) is 0 Å². The van der Waals surface area contributed by atoms with Crippen molar-refractivity contribution in [3.05, 3.63) is 65.2 Å². The maximum Gasteiger partial charge on any atom is 0.251 e. The van der Waals surface area contributed by atoms with Crippen LogP contribution in [0.3, 0.4) is 0 Å². The second-order valence-electron chi connectivity index (χ2n) is 5.17. The highest BCUT2D eigenvalue weighted by atomic mass is 16.1. The number of amides is 1. The molecule has 2 N–H and O–H groups in total. The summed E-state index contributed by atoms with van der Waals surface area (Å²) < 4.78 is 0. The molecule has 2 aromatic carbocycles. The van der Waals surface area contributed by atoms with Crippen LogP contribution in [0.1, 0.15) is 21.5 Å². The van der Waals surface area contributed by atoms with E-state index in [0.29, 0.717) is 5.56 Å². The Bertz CT molecular complexity index is 594. The van der Waals surface area contributed by atoms with Gasteiger partial charge in [0.2, 0.25) is 0 Å². The van der Waals surface area contributed by atoms with Crippen LogP contribution in [0.25, 0.3) is 0 Å². The SMILES string of the molecule is CNc1ccc(C(=O)NC2Cc3ccccc3C2)cc1. The van der Waals surface area contributed by atoms with Crippen LogP contribution < -0.4 is 10.6 Å². The van der Waals surface area contributed by atoms with Crippen LogP contribution >= 0.6 is 0 Å². The van der Waals surface area contributed by atoms with Gasteiger partial charge in [-0.3, -0.25) is 4.79 Å². The summed E-state index contributed by atoms with van der Waals surface area (Å²) in [7, 11) is 1.87. The molecule has 0 aliphatic heterocycles. The van der Waals surface area contributed by atoms with Gasteiger partial charge in [0.15, 0.2) is 0 Å². The lowest BCUT2D eigenvalue weighted by Crippen LogP contribution is -2.35. The molecule has 0 aromatic heterocycles. The average Bonchev–Trinajstić information content (AvgIpc) is 2.89. The van der Waals surface area contributed by atoms with E-state index in [1.807, 2.05) is 31.3 Å². The summed E-state index contributed by atoms with van der Waals surface area (Å²) in [6.45, 7) is 0. The zero-order valence-electron chi connectivity index (χ0n) is 11.5. The molecule has 0 radical (unpaired) electrons. The second-order valence-corrected chi connectivity index (χ2v) is 5.17. The third-order valence-corrected chi connectivity index (χ3v) is 3.82. The van der Waals surface area contributed by atoms with Crippen LogP contribution in [-0.4, -0.2) is 19.0 Å². The first-order valence-corrected chi connectivity index (χ1v) is 6.92. The van der Waals surface area contributed by atoms with Crippen molar-refractivity contribution in [3.63, 3.8) is 0 Å². The van der Waals surface area contributed by atoms with E-state index < -0.39 is 0 Å². The average molecular weight is 266 g/mol. The fraction of sp³-hybridized carbons (Fsp3) is 0.235. The van der Waals surface area contributed by atoms with Crippen molar-refractivity contribution >= 4 is 11.6 Å². The minimum atomic E-state index is 0.00505. The Morgan fingerprint density at radius 3 is 2.15 bits per heavy atom. The lowest BCUT2D eigenvalue weighted by atomic mass is 10.1. The molecule has 1 aliphatic carbocycles. The molecule has 0 saturated heterocycles. The Balaban J connectivity index is 1.65. The standard InChI is InChI=1S/C17H18N2O/c1-18-15-8-6-12(7-9-15)17(20)19-16-10-13-4-2-3-5-14(13)11-16/h2-9,16,18H,10-11H2,1H3,(H,19,20). The van der Waals surface area contributed by atoms with Gasteiger partial charge in [-0.2, -0.15) is 0 Å². The maximum atomic E-state index is 12.2. The van der Waals surface area contributed by atoms with Crippen molar-refractivity contribution in [2.24, 2.45) is 0 Å². The Hall–Kier alpha value is -2.29. The summed E-state index contributed by atoms with van der Waals surface area (Å²) in [5, 5.41) is 6.17. The molecular formula is C17H18N2O. The van der Waals surface area contributed by atoms with Gasteiger partial charge >= 0.3 is 0 Å². The zero-order valence-corrected chi connectivity index (χ0v) is 11.5. The summed E-state index contributed by atoms with van der Waals surface area (Å²) in [6, 6.07) is 16.1. The smallest absolute Gasteiger partial charge is 0.251 e. The van der Waals surface area contributed by atoms with Crippen LogP contribution in [-0.2, 0) is 12.8 Å². The molecule has 0 fully saturated rings. The highest BCUT2D eigenvalue weighted by Gasteiger charge is 2.22. The van der Waals surface area contributed by atoms with Crippen molar-refractivity contribution in [2.75, 3.05) is 12.4 Å². The molecule has 20 heavy (non-hydrogen) atoms. The highest BCUT2D eigenvalue weighted by Crippen LogP contribution is 2.22. The monoisotopic (exact) mass is 266 g/mol. The molecular weight excluding hydrogens is 248 g/mol. The second kappa shape index (κ2) is 5.37. The van der Waals surface area contributed by atoms with Crippen molar-refractivity contribution in [2.45, 2.75) is 18.9 Å². The minimum Gasteiger partial charge on any atom is -0.388 e. The predicted molar refractivity (Wildman–Crippen MR) is 81.1 cm³/mol. The molecule has 2 aromatic rings. The molecule has 1 amide bonds. The van der Waals surface area contributed by atoms with E-state index >= 15 is 0 Å². The normalized spacial score (nSPS) is 13.8. The molecule has 102 valence electrons. The Morgan fingerprint density at radius 2 is 1.60 bits per heavy atom. The molecule has 3 nitrogen and oxygen atoms in total. The van der Waals surface area contributed by atoms with E-state index in [4.69, 9.17) is 0 Å². The fourth-order valence-corrected chi connectivity index (χ4v) is 2.72. The van der Waals surface area contributed by atoms with Gasteiger partial charge < -0.3 is 10.6 Å². The molecule has 0 unspecified atom stereocenters. The number of anilines is 1. The van der Waals surface area contributed by atoms with E-state index in [2.05, 4.69) is 34.9 Å². The van der Waals surface area contributed by atoms with Crippen LogP contribution in [0.15, 0.2) is 48.5 Å². The van der Waals surface area contributed by atoms with E-state index in [1.54, 1.807) is 0 Å². The van der Waals surface area contributed by atoms with E-state index in [0.717, 1.165) is 18.5 Å². The van der Waals surface area contributed by atoms with Gasteiger partial charge in [0.05, 0.1) is 0 Å². The molecule has 0 heterocycles. The van der Waals surface area contributed by atoms with Gasteiger partial charge in [-0.15, -0.1) is 0 Å². The number of nitrogens with one attached hydrogen (secondary N) is 2. The number of benzene rings is 2. The third-order valence-electron chi connectivity index (χ3n) is 3.82. The van der Waals surface area contributed by atoms with Gasteiger partial charge in [0, 0.05) is 24.3 Å². The van der Waals surface area contributed by atoms with Gasteiger partial charge in [0.1, 0.15) is 0 Å². The summed E-state index contributed by atoms with van der Waals surface area (Å²) in [5.41, 5.74) is 4.42. The summed E-state index contributed by atoms with van der Waals surface area (Å²) in [4.78, 5) is 12.2. The number of carbonyl (C=O) groups is 1. The van der Waals surface area contributed by atoms with Gasteiger partial charge in [-0.05, 0) is 48.2 Å². The van der Waals surface area contributed by atoms with Crippen molar-refractivity contribution < 1.29 is 4.79 Å². The lowest BCUT2D eigenvalue weighted by molar-refractivity contribution is 0.0938. The molecule has 3 rings (SSSR count). The fourth-order valence-electron chi connectivity index (χ4n) is 2.72. The molecule has 0 atom stereocenters. The number of fused-ring (bicyclic) bond motifs is 1. The first-order valence-electron chi connectivity index (χ1n) is 6.92. The van der Waals surface area contributed by atoms with Gasteiger partial charge in [-0.1, -0.05) is 24.3 Å². The van der Waals surface area contributed by atoms with E-state index in [9.17, 15) is 4.79 Å². The van der Waals surface area contributed by atoms with Crippen LogP contribution in [0.5, 0.6) is 0 Å². The Kier molecular flexibility index (Phi) is 3.42. The first-order chi connectivity index (χ1) is 9.76. The molecule has 1 aliphatic rings. The van der Waals surface area contributed by atoms with Crippen LogP contribution in [0, 0.1) is 0 Å². The number of hydrogen-bond acceptors (Lipinski definition) is 2. The highest BCUT2D eigenvalue weighted by molar-refractivity contribution is 5.94. The minimum absolute atomic E-state index is 0.00505. The third kappa shape index (κ3) is 2.52. The van der Waals surface area contributed by atoms with Gasteiger partial charge in [-0.25, -0.2) is 0 Å². The van der Waals surface area contributed by atoms with Gasteiger partial charge in [0.25, 0.3) is 5.91 Å². The quantitative estimate of drug-likeness (QED) is 0.896. The summed E-state index contributed by atoms with van der Waals surface area (Å²) >= 11 is 0. The molecule has 0 spiro atoms. The van der Waals surface area contributed by atoms with Crippen molar-refractivity contribution in [3.8, 4) is 0 Å². The van der Waals surface area contributed by atoms with Crippen molar-refractivity contribution in [1.82, 2.24) is 5.32 Å². The first kappa shape index (κ1) is 12.7. The Morgan fingerprint density at radius 1 is 1.00 bits per heavy atom. The number of carbonyl (C=O) groups excluding carboxylic acids is 1. The molecule has 3 heteroatoms. The Labute approximate surface area is 119 Å². The van der Waals surface area contributed by atoms with E-state index in [-0.39, 0.29) is 11.9 Å². The lowest BCUT2D eigenvalue weighted by Gasteiger charge is -2.12. The number of hydrogen-bond donors (Lipinski definition) is 2.